The zero-order chi connectivity index (χ0) is 12.2. The molecule has 0 unspecified atom stereocenters. The number of rotatable bonds is 1. The van der Waals surface area contributed by atoms with Gasteiger partial charge >= 0.3 is 0 Å². The molecule has 1 aliphatic rings. The van der Waals surface area contributed by atoms with E-state index >= 15 is 0 Å². The first-order valence-corrected chi connectivity index (χ1v) is 7.34. The average molecular weight is 237 g/mol. The summed E-state index contributed by atoms with van der Waals surface area (Å²) in [6.07, 6.45) is 9.85. The van der Waals surface area contributed by atoms with Gasteiger partial charge in [-0.15, -0.1) is 0 Å². The maximum atomic E-state index is 3.36. The lowest BCUT2D eigenvalue weighted by atomic mass is 9.85. The van der Waals surface area contributed by atoms with Crippen molar-refractivity contribution in [1.82, 2.24) is 0 Å². The van der Waals surface area contributed by atoms with Crippen molar-refractivity contribution in [1.29, 1.82) is 0 Å². The van der Waals surface area contributed by atoms with Crippen molar-refractivity contribution in [3.63, 3.8) is 0 Å². The molecule has 0 bridgehead atoms. The minimum atomic E-state index is 0.781. The summed E-state index contributed by atoms with van der Waals surface area (Å²) in [5, 5.41) is 2.59. The Kier molecular flexibility index (Phi) is 3.64. The minimum absolute atomic E-state index is 0.781. The molecule has 0 N–H and O–H groups in total. The molecule has 1 fully saturated rings. The molecule has 1 aliphatic carbocycles. The molecule has 0 aliphatic heterocycles. The van der Waals surface area contributed by atoms with Crippen molar-refractivity contribution < 1.29 is 0 Å². The highest BCUT2D eigenvalue weighted by Gasteiger charge is 2.13. The molecule has 3 rings (SSSR count). The lowest BCUT2D eigenvalue weighted by molar-refractivity contribution is 0.456. The van der Waals surface area contributed by atoms with Crippen LogP contribution < -0.4 is 0 Å². The molecule has 0 saturated heterocycles. The van der Waals surface area contributed by atoms with Crippen molar-refractivity contribution in [2.45, 2.75) is 50.9 Å². The minimum Gasteiger partial charge on any atom is -0.0610 e. The van der Waals surface area contributed by atoms with Gasteiger partial charge in [0.1, 0.15) is 0 Å². The smallest absolute Gasteiger partial charge is 0.00991 e. The van der Waals surface area contributed by atoms with Gasteiger partial charge in [0, 0.05) is 0 Å². The zero-order valence-corrected chi connectivity index (χ0v) is 11.0. The number of hydrogen-bond acceptors (Lipinski definition) is 0. The van der Waals surface area contributed by atoms with Gasteiger partial charge in [-0.25, -0.2) is 0 Å². The fourth-order valence-corrected chi connectivity index (χ4v) is 3.18. The normalized spacial score (nSPS) is 18.4. The number of fused-ring (bicyclic) bond motifs is 1. The van der Waals surface area contributed by atoms with Crippen molar-refractivity contribution in [3.05, 3.63) is 48.0 Å². The average Bonchev–Trinajstić information content (AvgIpc) is 2.38. The first-order chi connectivity index (χ1) is 8.93. The Balaban J connectivity index is 1.87. The Bertz CT molecular complexity index is 504. The summed E-state index contributed by atoms with van der Waals surface area (Å²) >= 11 is 0. The van der Waals surface area contributed by atoms with Crippen molar-refractivity contribution in [2.75, 3.05) is 0 Å². The molecule has 1 radical (unpaired) electrons. The monoisotopic (exact) mass is 237 g/mol. The van der Waals surface area contributed by atoms with E-state index in [0.29, 0.717) is 0 Å². The molecule has 0 heteroatoms. The molecular formula is C18H21. The molecule has 0 nitrogen and oxygen atoms in total. The van der Waals surface area contributed by atoms with Crippen LogP contribution in [0.15, 0.2) is 36.4 Å². The highest BCUT2D eigenvalue weighted by atomic mass is 14.2. The summed E-state index contributed by atoms with van der Waals surface area (Å²) in [6.45, 7) is 0. The first-order valence-electron chi connectivity index (χ1n) is 7.34. The highest BCUT2D eigenvalue weighted by Crippen LogP contribution is 2.32. The van der Waals surface area contributed by atoms with E-state index in [4.69, 9.17) is 0 Å². The molecule has 0 aromatic heterocycles. The number of benzene rings is 2. The Morgan fingerprint density at radius 1 is 0.889 bits per heavy atom. The van der Waals surface area contributed by atoms with Crippen molar-refractivity contribution >= 4 is 10.8 Å². The van der Waals surface area contributed by atoms with Crippen LogP contribution in [0.2, 0.25) is 0 Å². The Labute approximate surface area is 110 Å². The molecule has 0 amide bonds. The summed E-state index contributed by atoms with van der Waals surface area (Å²) in [4.78, 5) is 0. The van der Waals surface area contributed by atoms with Gasteiger partial charge in [-0.3, -0.25) is 0 Å². The lowest BCUT2D eigenvalue weighted by Crippen LogP contribution is -2.02. The SMILES string of the molecule is [c]1cccc2ccc(C3CCCCCCC3)cc12. The van der Waals surface area contributed by atoms with Crippen LogP contribution in [0.1, 0.15) is 56.4 Å². The predicted molar refractivity (Wildman–Crippen MR) is 77.8 cm³/mol. The maximum Gasteiger partial charge on any atom is -0.00991 e. The highest BCUT2D eigenvalue weighted by molar-refractivity contribution is 5.82. The molecule has 0 heterocycles. The third-order valence-electron chi connectivity index (χ3n) is 4.26. The molecule has 1 saturated carbocycles. The van der Waals surface area contributed by atoms with E-state index in [9.17, 15) is 0 Å². The largest absolute Gasteiger partial charge is 0.0610 e. The van der Waals surface area contributed by atoms with Gasteiger partial charge in [0.25, 0.3) is 0 Å². The molecule has 2 aromatic rings. The molecule has 2 aromatic carbocycles. The standard InChI is InChI=1S/C18H21/c1-2-4-8-15(9-5-3-1)18-13-12-16-10-6-7-11-17(16)14-18/h6-7,10,12-15H,1-5,8-9H2. The summed E-state index contributed by atoms with van der Waals surface area (Å²) < 4.78 is 0. The maximum absolute atomic E-state index is 3.36. The summed E-state index contributed by atoms with van der Waals surface area (Å²) in [5.74, 6) is 0.781. The van der Waals surface area contributed by atoms with E-state index in [2.05, 4.69) is 36.4 Å². The van der Waals surface area contributed by atoms with Crippen LogP contribution in [0, 0.1) is 6.07 Å². The number of hydrogen-bond donors (Lipinski definition) is 0. The molecule has 0 atom stereocenters. The molecule has 0 spiro atoms. The van der Waals surface area contributed by atoms with Crippen LogP contribution in [-0.2, 0) is 0 Å². The summed E-state index contributed by atoms with van der Waals surface area (Å²) in [5.41, 5.74) is 1.53. The van der Waals surface area contributed by atoms with Crippen molar-refractivity contribution in [3.8, 4) is 0 Å². The molecule has 93 valence electrons. The fraction of sp³-hybridized carbons (Fsp3) is 0.444. The third kappa shape index (κ3) is 2.58. The second kappa shape index (κ2) is 5.56. The van der Waals surface area contributed by atoms with Crippen LogP contribution in [0.4, 0.5) is 0 Å². The third-order valence-corrected chi connectivity index (χ3v) is 4.26. The van der Waals surface area contributed by atoms with E-state index in [1.54, 1.807) is 0 Å². The Morgan fingerprint density at radius 3 is 2.50 bits per heavy atom. The van der Waals surface area contributed by atoms with Gasteiger partial charge in [-0.05, 0) is 41.2 Å². The summed E-state index contributed by atoms with van der Waals surface area (Å²) in [6, 6.07) is 16.6. The van der Waals surface area contributed by atoms with Crippen molar-refractivity contribution in [2.24, 2.45) is 0 Å². The second-order valence-corrected chi connectivity index (χ2v) is 5.56. The van der Waals surface area contributed by atoms with Crippen LogP contribution in [-0.4, -0.2) is 0 Å². The molecule has 18 heavy (non-hydrogen) atoms. The lowest BCUT2D eigenvalue weighted by Gasteiger charge is -2.20. The van der Waals surface area contributed by atoms with E-state index in [1.807, 2.05) is 6.07 Å². The Morgan fingerprint density at radius 2 is 1.67 bits per heavy atom. The topological polar surface area (TPSA) is 0 Å². The van der Waals surface area contributed by atoms with Gasteiger partial charge in [-0.2, -0.15) is 0 Å². The van der Waals surface area contributed by atoms with Crippen LogP contribution in [0.25, 0.3) is 10.8 Å². The quantitative estimate of drug-likeness (QED) is 0.617. The predicted octanol–water partition coefficient (Wildman–Crippen LogP) is 5.47. The van der Waals surface area contributed by atoms with Gasteiger partial charge in [-0.1, -0.05) is 68.5 Å². The van der Waals surface area contributed by atoms with E-state index in [-0.39, 0.29) is 0 Å². The van der Waals surface area contributed by atoms with Crippen LogP contribution in [0.5, 0.6) is 0 Å². The second-order valence-electron chi connectivity index (χ2n) is 5.56. The molecular weight excluding hydrogens is 216 g/mol. The van der Waals surface area contributed by atoms with E-state index in [1.165, 1.54) is 61.3 Å². The summed E-state index contributed by atoms with van der Waals surface area (Å²) in [7, 11) is 0. The van der Waals surface area contributed by atoms with Crippen LogP contribution in [0.3, 0.4) is 0 Å². The fourth-order valence-electron chi connectivity index (χ4n) is 3.18. The van der Waals surface area contributed by atoms with E-state index in [0.717, 1.165) is 5.92 Å². The van der Waals surface area contributed by atoms with E-state index < -0.39 is 0 Å². The first kappa shape index (κ1) is 11.8. The zero-order valence-electron chi connectivity index (χ0n) is 11.0. The van der Waals surface area contributed by atoms with Gasteiger partial charge in [0.2, 0.25) is 0 Å². The van der Waals surface area contributed by atoms with Crippen LogP contribution >= 0.6 is 0 Å². The van der Waals surface area contributed by atoms with Gasteiger partial charge in [0.05, 0.1) is 0 Å². The van der Waals surface area contributed by atoms with Gasteiger partial charge < -0.3 is 0 Å². The Hall–Kier alpha value is -1.30. The van der Waals surface area contributed by atoms with Gasteiger partial charge in [0.15, 0.2) is 0 Å².